The van der Waals surface area contributed by atoms with E-state index in [4.69, 9.17) is 4.74 Å². The summed E-state index contributed by atoms with van der Waals surface area (Å²) in [5.74, 6) is 0.975. The first-order chi connectivity index (χ1) is 5.75. The summed E-state index contributed by atoms with van der Waals surface area (Å²) in [5, 5.41) is 0. The molecule has 0 heterocycles. The van der Waals surface area contributed by atoms with Gasteiger partial charge in [-0.2, -0.15) is 0 Å². The molecule has 0 amide bonds. The van der Waals surface area contributed by atoms with Crippen molar-refractivity contribution in [2.45, 2.75) is 25.9 Å². The summed E-state index contributed by atoms with van der Waals surface area (Å²) in [6, 6.07) is 6.18. The van der Waals surface area contributed by atoms with E-state index in [1.807, 2.05) is 6.07 Å². The lowest BCUT2D eigenvalue weighted by atomic mass is 10.2. The molecule has 2 rings (SSSR count). The highest BCUT2D eigenvalue weighted by atomic mass is 79.9. The number of aryl methyl sites for hydroxylation is 1. The second-order valence-electron chi connectivity index (χ2n) is 3.25. The fraction of sp³-hybridized carbons (Fsp3) is 0.400. The molecule has 0 bridgehead atoms. The van der Waals surface area contributed by atoms with E-state index in [2.05, 4.69) is 35.0 Å². The molecule has 0 aromatic heterocycles. The molecule has 12 heavy (non-hydrogen) atoms. The highest BCUT2D eigenvalue weighted by Crippen LogP contribution is 2.32. The topological polar surface area (TPSA) is 9.23 Å². The van der Waals surface area contributed by atoms with Crippen molar-refractivity contribution in [1.29, 1.82) is 0 Å². The summed E-state index contributed by atoms with van der Waals surface area (Å²) in [6.07, 6.45) is 2.89. The molecule has 0 aliphatic heterocycles. The molecule has 0 atom stereocenters. The first-order valence-corrected chi connectivity index (χ1v) is 4.98. The van der Waals surface area contributed by atoms with E-state index in [0.29, 0.717) is 6.10 Å². The van der Waals surface area contributed by atoms with Gasteiger partial charge in [0, 0.05) is 0 Å². The lowest BCUT2D eigenvalue weighted by molar-refractivity contribution is 0.301. The highest BCUT2D eigenvalue weighted by Gasteiger charge is 2.24. The first kappa shape index (κ1) is 8.11. The Morgan fingerprint density at radius 1 is 1.42 bits per heavy atom. The largest absolute Gasteiger partial charge is 0.489 e. The fourth-order valence-electron chi connectivity index (χ4n) is 1.07. The Morgan fingerprint density at radius 2 is 2.17 bits per heavy atom. The maximum atomic E-state index is 5.66. The van der Waals surface area contributed by atoms with Gasteiger partial charge in [0.1, 0.15) is 5.75 Å². The molecule has 1 nitrogen and oxygen atoms in total. The third-order valence-corrected chi connectivity index (χ3v) is 2.53. The van der Waals surface area contributed by atoms with Gasteiger partial charge in [-0.3, -0.25) is 0 Å². The number of rotatable bonds is 2. The molecule has 0 N–H and O–H groups in total. The zero-order valence-electron chi connectivity index (χ0n) is 7.01. The van der Waals surface area contributed by atoms with Gasteiger partial charge in [0.2, 0.25) is 0 Å². The maximum absolute atomic E-state index is 5.66. The summed E-state index contributed by atoms with van der Waals surface area (Å²) in [6.45, 7) is 2.08. The van der Waals surface area contributed by atoms with Crippen molar-refractivity contribution in [3.8, 4) is 5.75 Å². The predicted octanol–water partition coefficient (Wildman–Crippen LogP) is 3.30. The van der Waals surface area contributed by atoms with Gasteiger partial charge < -0.3 is 4.74 Å². The second kappa shape index (κ2) is 3.09. The van der Waals surface area contributed by atoms with Gasteiger partial charge in [-0.05, 0) is 53.4 Å². The van der Waals surface area contributed by atoms with Crippen molar-refractivity contribution in [3.63, 3.8) is 0 Å². The number of hydrogen-bond acceptors (Lipinski definition) is 1. The van der Waals surface area contributed by atoms with Gasteiger partial charge >= 0.3 is 0 Å². The van der Waals surface area contributed by atoms with Crippen LogP contribution in [0, 0.1) is 6.92 Å². The van der Waals surface area contributed by atoms with E-state index in [-0.39, 0.29) is 0 Å². The number of halogens is 1. The van der Waals surface area contributed by atoms with Crippen LogP contribution in [0.15, 0.2) is 22.7 Å². The van der Waals surface area contributed by atoms with E-state index in [0.717, 1.165) is 10.2 Å². The Hall–Kier alpha value is -0.500. The van der Waals surface area contributed by atoms with Crippen LogP contribution in [-0.2, 0) is 0 Å². The van der Waals surface area contributed by atoms with Crippen molar-refractivity contribution >= 4 is 15.9 Å². The molecule has 0 unspecified atom stereocenters. The summed E-state index contributed by atoms with van der Waals surface area (Å²) in [4.78, 5) is 0. The van der Waals surface area contributed by atoms with E-state index in [9.17, 15) is 0 Å². The van der Waals surface area contributed by atoms with Crippen LogP contribution in [0.2, 0.25) is 0 Å². The molecule has 1 aromatic carbocycles. The Bertz CT molecular complexity index is 292. The molecule has 1 fully saturated rings. The van der Waals surface area contributed by atoms with Crippen LogP contribution < -0.4 is 4.74 Å². The van der Waals surface area contributed by atoms with Crippen LogP contribution >= 0.6 is 15.9 Å². The van der Waals surface area contributed by atoms with E-state index < -0.39 is 0 Å². The van der Waals surface area contributed by atoms with Crippen LogP contribution in [0.4, 0.5) is 0 Å². The van der Waals surface area contributed by atoms with Gasteiger partial charge in [-0.15, -0.1) is 0 Å². The van der Waals surface area contributed by atoms with Gasteiger partial charge in [0.15, 0.2) is 0 Å². The fourth-order valence-corrected chi connectivity index (χ4v) is 1.65. The SMILES string of the molecule is Cc1ccc(OC2CC2)c(Br)c1. The Kier molecular flexibility index (Phi) is 2.09. The van der Waals surface area contributed by atoms with Gasteiger partial charge in [-0.1, -0.05) is 6.07 Å². The average Bonchev–Trinajstić information content (AvgIpc) is 2.79. The summed E-state index contributed by atoms with van der Waals surface area (Å²) >= 11 is 3.48. The lowest BCUT2D eigenvalue weighted by Gasteiger charge is -2.06. The Labute approximate surface area is 80.9 Å². The minimum atomic E-state index is 0.476. The first-order valence-electron chi connectivity index (χ1n) is 4.18. The smallest absolute Gasteiger partial charge is 0.133 e. The van der Waals surface area contributed by atoms with Crippen molar-refractivity contribution in [2.75, 3.05) is 0 Å². The molecular formula is C10H11BrO. The van der Waals surface area contributed by atoms with Gasteiger partial charge in [0.05, 0.1) is 10.6 Å². The van der Waals surface area contributed by atoms with Crippen LogP contribution in [0.1, 0.15) is 18.4 Å². The van der Waals surface area contributed by atoms with Crippen LogP contribution in [0.3, 0.4) is 0 Å². The van der Waals surface area contributed by atoms with E-state index >= 15 is 0 Å². The van der Waals surface area contributed by atoms with Crippen molar-refractivity contribution < 1.29 is 4.74 Å². The minimum absolute atomic E-state index is 0.476. The van der Waals surface area contributed by atoms with Crippen molar-refractivity contribution in [3.05, 3.63) is 28.2 Å². The molecular weight excluding hydrogens is 216 g/mol. The lowest BCUT2D eigenvalue weighted by Crippen LogP contribution is -1.96. The molecule has 1 aliphatic carbocycles. The summed E-state index contributed by atoms with van der Waals surface area (Å²) in [5.41, 5.74) is 1.25. The van der Waals surface area contributed by atoms with Crippen LogP contribution in [-0.4, -0.2) is 6.10 Å². The van der Waals surface area contributed by atoms with Gasteiger partial charge in [-0.25, -0.2) is 0 Å². The molecule has 0 radical (unpaired) electrons. The number of benzene rings is 1. The zero-order valence-corrected chi connectivity index (χ0v) is 8.60. The summed E-state index contributed by atoms with van der Waals surface area (Å²) < 4.78 is 6.73. The average molecular weight is 227 g/mol. The molecule has 1 saturated carbocycles. The summed E-state index contributed by atoms with van der Waals surface area (Å²) in [7, 11) is 0. The second-order valence-corrected chi connectivity index (χ2v) is 4.11. The number of hydrogen-bond donors (Lipinski definition) is 0. The predicted molar refractivity (Wildman–Crippen MR) is 52.5 cm³/mol. The molecule has 64 valence electrons. The molecule has 2 heteroatoms. The molecule has 0 spiro atoms. The highest BCUT2D eigenvalue weighted by molar-refractivity contribution is 9.10. The zero-order chi connectivity index (χ0) is 8.55. The van der Waals surface area contributed by atoms with Crippen LogP contribution in [0.25, 0.3) is 0 Å². The minimum Gasteiger partial charge on any atom is -0.489 e. The van der Waals surface area contributed by atoms with Gasteiger partial charge in [0.25, 0.3) is 0 Å². The maximum Gasteiger partial charge on any atom is 0.133 e. The van der Waals surface area contributed by atoms with Crippen LogP contribution in [0.5, 0.6) is 5.75 Å². The monoisotopic (exact) mass is 226 g/mol. The quantitative estimate of drug-likeness (QED) is 0.753. The molecule has 1 aliphatic rings. The normalized spacial score (nSPS) is 16.2. The van der Waals surface area contributed by atoms with E-state index in [1.165, 1.54) is 18.4 Å². The number of ether oxygens (including phenoxy) is 1. The molecule has 0 saturated heterocycles. The molecule has 1 aromatic rings. The Morgan fingerprint density at radius 3 is 2.75 bits per heavy atom. The van der Waals surface area contributed by atoms with Crippen molar-refractivity contribution in [2.24, 2.45) is 0 Å². The standard InChI is InChI=1S/C10H11BrO/c1-7-2-5-10(9(11)6-7)12-8-3-4-8/h2,5-6,8H,3-4H2,1H3. The third kappa shape index (κ3) is 1.81. The Balaban J connectivity index is 2.18. The van der Waals surface area contributed by atoms with E-state index in [1.54, 1.807) is 0 Å². The third-order valence-electron chi connectivity index (χ3n) is 1.91. The van der Waals surface area contributed by atoms with Crippen molar-refractivity contribution in [1.82, 2.24) is 0 Å².